The van der Waals surface area contributed by atoms with Crippen LogP contribution >= 0.6 is 0 Å². The van der Waals surface area contributed by atoms with Gasteiger partial charge in [0.1, 0.15) is 6.10 Å². The summed E-state index contributed by atoms with van der Waals surface area (Å²) in [6.45, 7) is 2.30. The first kappa shape index (κ1) is 14.7. The van der Waals surface area contributed by atoms with E-state index >= 15 is 0 Å². The van der Waals surface area contributed by atoms with Gasteiger partial charge in [-0.15, -0.1) is 0 Å². The Balaban J connectivity index is 1.33. The molecule has 2 aliphatic rings. The molecule has 0 unspecified atom stereocenters. The van der Waals surface area contributed by atoms with Crippen LogP contribution in [0, 0.1) is 0 Å². The lowest BCUT2D eigenvalue weighted by atomic mass is 10.1. The Kier molecular flexibility index (Phi) is 4.26. The van der Waals surface area contributed by atoms with Crippen LogP contribution in [0.3, 0.4) is 0 Å². The summed E-state index contributed by atoms with van der Waals surface area (Å²) >= 11 is 0. The molecular weight excluding hydrogens is 288 g/mol. The van der Waals surface area contributed by atoms with E-state index in [0.717, 1.165) is 32.4 Å². The Morgan fingerprint density at radius 3 is 2.74 bits per heavy atom. The quantitative estimate of drug-likeness (QED) is 0.921. The second-order valence-corrected chi connectivity index (χ2v) is 6.36. The molecule has 0 saturated carbocycles. The van der Waals surface area contributed by atoms with E-state index < -0.39 is 0 Å². The van der Waals surface area contributed by atoms with Crippen LogP contribution in [0.1, 0.15) is 23.1 Å². The van der Waals surface area contributed by atoms with Gasteiger partial charge >= 0.3 is 0 Å². The SMILES string of the molecule is c1ccc2c(c1)CC(NCc1ccnc(O[C@H]3CCOC3)c1)C2. The Hall–Kier alpha value is -1.91. The molecule has 4 rings (SSSR count). The number of pyridine rings is 1. The number of rotatable bonds is 5. The number of nitrogens with one attached hydrogen (secondary N) is 1. The van der Waals surface area contributed by atoms with Crippen LogP contribution in [0.2, 0.25) is 0 Å². The van der Waals surface area contributed by atoms with Crippen molar-refractivity contribution in [2.45, 2.75) is 38.0 Å². The van der Waals surface area contributed by atoms with Crippen LogP contribution in [-0.4, -0.2) is 30.3 Å². The molecular formula is C19H22N2O2. The van der Waals surface area contributed by atoms with Gasteiger partial charge in [-0.1, -0.05) is 24.3 Å². The topological polar surface area (TPSA) is 43.4 Å². The highest BCUT2D eigenvalue weighted by Crippen LogP contribution is 2.22. The zero-order chi connectivity index (χ0) is 15.5. The van der Waals surface area contributed by atoms with Crippen molar-refractivity contribution in [1.82, 2.24) is 10.3 Å². The molecule has 1 saturated heterocycles. The summed E-state index contributed by atoms with van der Waals surface area (Å²) in [7, 11) is 0. The Morgan fingerprint density at radius 1 is 1.17 bits per heavy atom. The van der Waals surface area contributed by atoms with Crippen molar-refractivity contribution in [1.29, 1.82) is 0 Å². The van der Waals surface area contributed by atoms with Crippen molar-refractivity contribution in [3.05, 3.63) is 59.3 Å². The van der Waals surface area contributed by atoms with Crippen LogP contribution in [0.5, 0.6) is 5.88 Å². The number of fused-ring (bicyclic) bond motifs is 1. The first-order valence-corrected chi connectivity index (χ1v) is 8.36. The minimum Gasteiger partial charge on any atom is -0.472 e. The van der Waals surface area contributed by atoms with Crippen LogP contribution < -0.4 is 10.1 Å². The Morgan fingerprint density at radius 2 is 2.00 bits per heavy atom. The Bertz CT molecular complexity index is 643. The second kappa shape index (κ2) is 6.69. The smallest absolute Gasteiger partial charge is 0.213 e. The van der Waals surface area contributed by atoms with Crippen molar-refractivity contribution in [2.24, 2.45) is 0 Å². The van der Waals surface area contributed by atoms with Gasteiger partial charge in [-0.3, -0.25) is 0 Å². The third-order valence-electron chi connectivity index (χ3n) is 4.62. The summed E-state index contributed by atoms with van der Waals surface area (Å²) < 4.78 is 11.2. The monoisotopic (exact) mass is 310 g/mol. The van der Waals surface area contributed by atoms with E-state index in [1.54, 1.807) is 0 Å². The van der Waals surface area contributed by atoms with Gasteiger partial charge in [-0.2, -0.15) is 0 Å². The van der Waals surface area contributed by atoms with Gasteiger partial charge in [0.05, 0.1) is 13.2 Å². The van der Waals surface area contributed by atoms with Gasteiger partial charge < -0.3 is 14.8 Å². The zero-order valence-corrected chi connectivity index (χ0v) is 13.2. The van der Waals surface area contributed by atoms with Gasteiger partial charge in [0.15, 0.2) is 0 Å². The van der Waals surface area contributed by atoms with E-state index in [4.69, 9.17) is 9.47 Å². The fourth-order valence-corrected chi connectivity index (χ4v) is 3.37. The summed E-state index contributed by atoms with van der Waals surface area (Å²) in [6.07, 6.45) is 5.15. The molecule has 1 aliphatic heterocycles. The minimum atomic E-state index is 0.148. The summed E-state index contributed by atoms with van der Waals surface area (Å²) in [6, 6.07) is 13.3. The number of benzene rings is 1. The summed E-state index contributed by atoms with van der Waals surface area (Å²) in [5, 5.41) is 3.66. The predicted molar refractivity (Wildman–Crippen MR) is 88.6 cm³/mol. The predicted octanol–water partition coefficient (Wildman–Crippen LogP) is 2.51. The van der Waals surface area contributed by atoms with E-state index in [2.05, 4.69) is 34.6 Å². The maximum atomic E-state index is 5.87. The highest BCUT2D eigenvalue weighted by Gasteiger charge is 2.20. The summed E-state index contributed by atoms with van der Waals surface area (Å²) in [5.74, 6) is 0.703. The molecule has 4 nitrogen and oxygen atoms in total. The van der Waals surface area contributed by atoms with E-state index in [1.807, 2.05) is 18.3 Å². The lowest BCUT2D eigenvalue weighted by Crippen LogP contribution is -2.29. The van der Waals surface area contributed by atoms with Crippen molar-refractivity contribution in [3.63, 3.8) is 0 Å². The van der Waals surface area contributed by atoms with Crippen LogP contribution in [0.25, 0.3) is 0 Å². The van der Waals surface area contributed by atoms with Crippen LogP contribution in [0.4, 0.5) is 0 Å². The number of ether oxygens (including phenoxy) is 2. The first-order valence-electron chi connectivity index (χ1n) is 8.36. The van der Waals surface area contributed by atoms with Crippen molar-refractivity contribution >= 4 is 0 Å². The molecule has 0 radical (unpaired) electrons. The summed E-state index contributed by atoms with van der Waals surface area (Å²) in [5.41, 5.74) is 4.17. The molecule has 1 aliphatic carbocycles. The lowest BCUT2D eigenvalue weighted by Gasteiger charge is -2.14. The molecule has 1 N–H and O–H groups in total. The molecule has 2 heterocycles. The molecule has 1 aromatic heterocycles. The Labute approximate surface area is 136 Å². The fraction of sp³-hybridized carbons (Fsp3) is 0.421. The molecule has 120 valence electrons. The maximum absolute atomic E-state index is 5.87. The minimum absolute atomic E-state index is 0.148. The molecule has 0 bridgehead atoms. The molecule has 1 fully saturated rings. The van der Waals surface area contributed by atoms with Crippen molar-refractivity contribution < 1.29 is 9.47 Å². The normalized spacial score (nSPS) is 20.6. The van der Waals surface area contributed by atoms with Crippen molar-refractivity contribution in [3.8, 4) is 5.88 Å². The summed E-state index contributed by atoms with van der Waals surface area (Å²) in [4.78, 5) is 4.31. The van der Waals surface area contributed by atoms with Gasteiger partial charge in [-0.25, -0.2) is 4.98 Å². The molecule has 0 amide bonds. The zero-order valence-electron chi connectivity index (χ0n) is 13.2. The first-order chi connectivity index (χ1) is 11.4. The number of nitrogens with zero attached hydrogens (tertiary/aromatic N) is 1. The van der Waals surface area contributed by atoms with E-state index in [-0.39, 0.29) is 6.10 Å². The lowest BCUT2D eigenvalue weighted by molar-refractivity contribution is 0.138. The molecule has 1 aromatic carbocycles. The number of hydrogen-bond donors (Lipinski definition) is 1. The van der Waals surface area contributed by atoms with Crippen LogP contribution in [0.15, 0.2) is 42.6 Å². The van der Waals surface area contributed by atoms with Gasteiger partial charge in [0.2, 0.25) is 5.88 Å². The average Bonchev–Trinajstić information content (AvgIpc) is 3.22. The molecule has 1 atom stereocenters. The molecule has 2 aromatic rings. The molecule has 0 spiro atoms. The largest absolute Gasteiger partial charge is 0.472 e. The maximum Gasteiger partial charge on any atom is 0.213 e. The number of hydrogen-bond acceptors (Lipinski definition) is 4. The second-order valence-electron chi connectivity index (χ2n) is 6.36. The van der Waals surface area contributed by atoms with Gasteiger partial charge in [0, 0.05) is 31.3 Å². The van der Waals surface area contributed by atoms with Gasteiger partial charge in [-0.05, 0) is 35.6 Å². The third-order valence-corrected chi connectivity index (χ3v) is 4.62. The van der Waals surface area contributed by atoms with Gasteiger partial charge in [0.25, 0.3) is 0 Å². The van der Waals surface area contributed by atoms with E-state index in [1.165, 1.54) is 16.7 Å². The van der Waals surface area contributed by atoms with E-state index in [0.29, 0.717) is 18.5 Å². The van der Waals surface area contributed by atoms with Crippen molar-refractivity contribution in [2.75, 3.05) is 13.2 Å². The molecule has 4 heteroatoms. The highest BCUT2D eigenvalue weighted by molar-refractivity contribution is 5.33. The standard InChI is InChI=1S/C19H22N2O2/c1-2-4-16-11-17(10-15(16)3-1)21-12-14-5-7-20-19(9-14)23-18-6-8-22-13-18/h1-5,7,9,17-18,21H,6,8,10-13H2/t18-/m0/s1. The fourth-order valence-electron chi connectivity index (χ4n) is 3.37. The van der Waals surface area contributed by atoms with Crippen LogP contribution in [-0.2, 0) is 24.1 Å². The average molecular weight is 310 g/mol. The van der Waals surface area contributed by atoms with E-state index in [9.17, 15) is 0 Å². The third kappa shape index (κ3) is 3.54. The number of aromatic nitrogens is 1. The highest BCUT2D eigenvalue weighted by atomic mass is 16.5. The molecule has 23 heavy (non-hydrogen) atoms.